The first-order valence-corrected chi connectivity index (χ1v) is 11.1. The van der Waals surface area contributed by atoms with Crippen LogP contribution in [0.25, 0.3) is 5.78 Å². The van der Waals surface area contributed by atoms with Crippen LogP contribution in [0.2, 0.25) is 0 Å². The van der Waals surface area contributed by atoms with Gasteiger partial charge < -0.3 is 20.1 Å². The highest BCUT2D eigenvalue weighted by Gasteiger charge is 2.15. The Kier molecular flexibility index (Phi) is 6.64. The van der Waals surface area contributed by atoms with E-state index in [4.69, 9.17) is 9.47 Å². The van der Waals surface area contributed by atoms with Gasteiger partial charge in [0.1, 0.15) is 22.9 Å². The molecule has 0 aliphatic carbocycles. The van der Waals surface area contributed by atoms with E-state index < -0.39 is 0 Å². The van der Waals surface area contributed by atoms with Gasteiger partial charge in [0, 0.05) is 27.9 Å². The van der Waals surface area contributed by atoms with Crippen LogP contribution < -0.4 is 20.1 Å². The molecule has 0 atom stereocenters. The standard InChI is InChI=1S/C23H24N6O3S/c1-5-18-14(2)26-22-24-13-25-29(22)21(18)33-17-9-6-15(7-10-17)27-23(30)28-19-12-16(31-3)8-11-20(19)32-4/h6-13H,5H2,1-4H3,(H2,27,28,30). The lowest BCUT2D eigenvalue weighted by molar-refractivity contribution is 0.262. The second-order valence-electron chi connectivity index (χ2n) is 7.08. The number of anilines is 2. The molecule has 0 aliphatic heterocycles. The number of hydrogen-bond donors (Lipinski definition) is 2. The molecule has 2 N–H and O–H groups in total. The average molecular weight is 465 g/mol. The van der Waals surface area contributed by atoms with Crippen molar-refractivity contribution < 1.29 is 14.3 Å². The van der Waals surface area contributed by atoms with Crippen molar-refractivity contribution in [3.63, 3.8) is 0 Å². The van der Waals surface area contributed by atoms with E-state index in [9.17, 15) is 4.79 Å². The number of nitrogens with zero attached hydrogens (tertiary/aromatic N) is 4. The van der Waals surface area contributed by atoms with Gasteiger partial charge in [0.15, 0.2) is 0 Å². The van der Waals surface area contributed by atoms with Crippen LogP contribution in [0, 0.1) is 6.92 Å². The van der Waals surface area contributed by atoms with Gasteiger partial charge in [-0.3, -0.25) is 0 Å². The van der Waals surface area contributed by atoms with E-state index in [0.717, 1.165) is 27.6 Å². The summed E-state index contributed by atoms with van der Waals surface area (Å²) >= 11 is 1.59. The van der Waals surface area contributed by atoms with E-state index >= 15 is 0 Å². The van der Waals surface area contributed by atoms with Crippen molar-refractivity contribution in [3.8, 4) is 11.5 Å². The molecule has 4 aromatic rings. The number of hydrogen-bond acceptors (Lipinski definition) is 7. The van der Waals surface area contributed by atoms with E-state index in [1.54, 1.807) is 48.7 Å². The molecule has 0 saturated carbocycles. The number of aryl methyl sites for hydroxylation is 1. The van der Waals surface area contributed by atoms with Crippen molar-refractivity contribution >= 4 is 34.9 Å². The third-order valence-electron chi connectivity index (χ3n) is 5.02. The van der Waals surface area contributed by atoms with Gasteiger partial charge in [0.25, 0.3) is 5.78 Å². The maximum Gasteiger partial charge on any atom is 0.323 e. The molecule has 4 rings (SSSR count). The quantitative estimate of drug-likeness (QED) is 0.379. The Bertz CT molecular complexity index is 1290. The summed E-state index contributed by atoms with van der Waals surface area (Å²) in [5, 5.41) is 10.9. The van der Waals surface area contributed by atoms with Gasteiger partial charge in [0.05, 0.1) is 19.9 Å². The number of amides is 2. The molecule has 2 aromatic carbocycles. The SMILES string of the molecule is CCc1c(C)nc2ncnn2c1Sc1ccc(NC(=O)Nc2cc(OC)ccc2OC)cc1. The van der Waals surface area contributed by atoms with E-state index in [0.29, 0.717) is 28.7 Å². The van der Waals surface area contributed by atoms with Crippen molar-refractivity contribution in [1.82, 2.24) is 19.6 Å². The first kappa shape index (κ1) is 22.4. The summed E-state index contributed by atoms with van der Waals surface area (Å²) in [6, 6.07) is 12.4. The summed E-state index contributed by atoms with van der Waals surface area (Å²) in [5.74, 6) is 1.73. The number of rotatable bonds is 7. The minimum atomic E-state index is -0.385. The Hall–Kier alpha value is -3.79. The van der Waals surface area contributed by atoms with Crippen LogP contribution in [0.3, 0.4) is 0 Å². The first-order chi connectivity index (χ1) is 16.0. The Labute approximate surface area is 195 Å². The summed E-state index contributed by atoms with van der Waals surface area (Å²) < 4.78 is 12.3. The van der Waals surface area contributed by atoms with E-state index in [2.05, 4.69) is 32.6 Å². The smallest absolute Gasteiger partial charge is 0.323 e. The summed E-state index contributed by atoms with van der Waals surface area (Å²) in [7, 11) is 3.11. The van der Waals surface area contributed by atoms with Crippen molar-refractivity contribution in [2.45, 2.75) is 30.2 Å². The zero-order chi connectivity index (χ0) is 23.4. The predicted octanol–water partition coefficient (Wildman–Crippen LogP) is 4.81. The molecule has 0 spiro atoms. The highest BCUT2D eigenvalue weighted by Crippen LogP contribution is 2.33. The number of urea groups is 1. The van der Waals surface area contributed by atoms with E-state index in [1.165, 1.54) is 6.33 Å². The first-order valence-electron chi connectivity index (χ1n) is 10.3. The Morgan fingerprint density at radius 3 is 2.58 bits per heavy atom. The predicted molar refractivity (Wildman–Crippen MR) is 128 cm³/mol. The van der Waals surface area contributed by atoms with Crippen LogP contribution in [-0.4, -0.2) is 39.8 Å². The number of methoxy groups -OCH3 is 2. The molecule has 2 aromatic heterocycles. The molecule has 170 valence electrons. The molecular formula is C23H24N6O3S. The lowest BCUT2D eigenvalue weighted by atomic mass is 10.2. The summed E-state index contributed by atoms with van der Waals surface area (Å²) in [6.07, 6.45) is 2.35. The highest BCUT2D eigenvalue weighted by atomic mass is 32.2. The van der Waals surface area contributed by atoms with Crippen LogP contribution in [0.1, 0.15) is 18.2 Å². The van der Waals surface area contributed by atoms with E-state index in [-0.39, 0.29) is 6.03 Å². The van der Waals surface area contributed by atoms with E-state index in [1.807, 2.05) is 31.2 Å². The minimum Gasteiger partial charge on any atom is -0.497 e. The van der Waals surface area contributed by atoms with Gasteiger partial charge in [-0.2, -0.15) is 14.6 Å². The van der Waals surface area contributed by atoms with Crippen LogP contribution in [-0.2, 0) is 6.42 Å². The number of benzene rings is 2. The molecule has 0 radical (unpaired) electrons. The largest absolute Gasteiger partial charge is 0.497 e. The zero-order valence-electron chi connectivity index (χ0n) is 18.7. The Morgan fingerprint density at radius 1 is 1.09 bits per heavy atom. The molecule has 2 heterocycles. The van der Waals surface area contributed by atoms with Crippen molar-refractivity contribution in [1.29, 1.82) is 0 Å². The van der Waals surface area contributed by atoms with Gasteiger partial charge in [-0.25, -0.2) is 9.78 Å². The Morgan fingerprint density at radius 2 is 1.88 bits per heavy atom. The maximum absolute atomic E-state index is 12.5. The van der Waals surface area contributed by atoms with Crippen LogP contribution in [0.4, 0.5) is 16.2 Å². The van der Waals surface area contributed by atoms with Crippen LogP contribution >= 0.6 is 11.8 Å². The molecule has 9 nitrogen and oxygen atoms in total. The highest BCUT2D eigenvalue weighted by molar-refractivity contribution is 7.99. The average Bonchev–Trinajstić information content (AvgIpc) is 3.28. The maximum atomic E-state index is 12.5. The lowest BCUT2D eigenvalue weighted by Crippen LogP contribution is -2.19. The number of nitrogens with one attached hydrogen (secondary N) is 2. The second-order valence-corrected chi connectivity index (χ2v) is 8.14. The number of aromatic nitrogens is 4. The van der Waals surface area contributed by atoms with Gasteiger partial charge in [0.2, 0.25) is 0 Å². The minimum absolute atomic E-state index is 0.385. The normalized spacial score (nSPS) is 10.8. The molecular weight excluding hydrogens is 440 g/mol. The van der Waals surface area contributed by atoms with Gasteiger partial charge in [-0.1, -0.05) is 18.7 Å². The van der Waals surface area contributed by atoms with Gasteiger partial charge in [-0.05, 0) is 49.7 Å². The van der Waals surface area contributed by atoms with Crippen molar-refractivity contribution in [2.75, 3.05) is 24.9 Å². The molecule has 10 heteroatoms. The molecule has 0 aliphatic rings. The number of carbonyl (C=O) groups excluding carboxylic acids is 1. The fourth-order valence-electron chi connectivity index (χ4n) is 3.38. The number of ether oxygens (including phenoxy) is 2. The lowest BCUT2D eigenvalue weighted by Gasteiger charge is -2.13. The molecule has 33 heavy (non-hydrogen) atoms. The monoisotopic (exact) mass is 464 g/mol. The fraction of sp³-hybridized carbons (Fsp3) is 0.217. The van der Waals surface area contributed by atoms with Crippen LogP contribution in [0.5, 0.6) is 11.5 Å². The third kappa shape index (κ3) is 4.85. The molecule has 0 bridgehead atoms. The number of carbonyl (C=O) groups is 1. The summed E-state index contributed by atoms with van der Waals surface area (Å²) in [4.78, 5) is 22.3. The van der Waals surface area contributed by atoms with Crippen molar-refractivity contribution in [3.05, 3.63) is 60.0 Å². The van der Waals surface area contributed by atoms with Crippen LogP contribution in [0.15, 0.2) is 58.7 Å². The summed E-state index contributed by atoms with van der Waals surface area (Å²) in [6.45, 7) is 4.08. The fourth-order valence-corrected chi connectivity index (χ4v) is 4.51. The molecule has 0 saturated heterocycles. The molecule has 2 amide bonds. The van der Waals surface area contributed by atoms with Gasteiger partial charge in [-0.15, -0.1) is 0 Å². The zero-order valence-corrected chi connectivity index (χ0v) is 19.6. The summed E-state index contributed by atoms with van der Waals surface area (Å²) in [5.41, 5.74) is 3.25. The topological polar surface area (TPSA) is 103 Å². The van der Waals surface area contributed by atoms with Gasteiger partial charge >= 0.3 is 6.03 Å². The second kappa shape index (κ2) is 9.78. The third-order valence-corrected chi connectivity index (χ3v) is 6.14. The Balaban J connectivity index is 1.48. The molecule has 0 unspecified atom stereocenters. The van der Waals surface area contributed by atoms with Crippen molar-refractivity contribution in [2.24, 2.45) is 0 Å². The molecule has 0 fully saturated rings. The number of fused-ring (bicyclic) bond motifs is 1.